The van der Waals surface area contributed by atoms with Gasteiger partial charge in [0, 0.05) is 0 Å². The van der Waals surface area contributed by atoms with E-state index in [9.17, 15) is 4.79 Å². The van der Waals surface area contributed by atoms with E-state index >= 15 is 0 Å². The number of hydrogen-bond acceptors (Lipinski definition) is 3. The monoisotopic (exact) mass is 199 g/mol. The van der Waals surface area contributed by atoms with Crippen LogP contribution in [0, 0.1) is 5.92 Å². The molecule has 1 aliphatic rings. The minimum Gasteiger partial charge on any atom is -0.468 e. The van der Waals surface area contributed by atoms with Crippen LogP contribution in [-0.2, 0) is 9.53 Å². The molecule has 0 amide bonds. The van der Waals surface area contributed by atoms with Crippen LogP contribution in [0.2, 0.25) is 0 Å². The summed E-state index contributed by atoms with van der Waals surface area (Å²) >= 11 is 0. The van der Waals surface area contributed by atoms with Gasteiger partial charge in [0.1, 0.15) is 6.04 Å². The molecule has 0 spiro atoms. The molecule has 1 unspecified atom stereocenters. The van der Waals surface area contributed by atoms with Crippen molar-refractivity contribution in [2.24, 2.45) is 5.92 Å². The Balaban J connectivity index is 2.03. The van der Waals surface area contributed by atoms with Crippen LogP contribution < -0.4 is 5.32 Å². The van der Waals surface area contributed by atoms with Gasteiger partial charge in [-0.05, 0) is 31.7 Å². The maximum absolute atomic E-state index is 11.2. The number of carbonyl (C=O) groups is 1. The van der Waals surface area contributed by atoms with Gasteiger partial charge in [-0.15, -0.1) is 0 Å². The Morgan fingerprint density at radius 1 is 1.57 bits per heavy atom. The summed E-state index contributed by atoms with van der Waals surface area (Å²) in [5.41, 5.74) is 0. The molecule has 0 aromatic rings. The lowest BCUT2D eigenvalue weighted by molar-refractivity contribution is -0.143. The minimum absolute atomic E-state index is 0.112. The number of ether oxygens (including phenoxy) is 1. The highest BCUT2D eigenvalue weighted by Gasteiger charge is 2.21. The van der Waals surface area contributed by atoms with Crippen molar-refractivity contribution in [1.82, 2.24) is 5.32 Å². The Morgan fingerprint density at radius 2 is 2.29 bits per heavy atom. The summed E-state index contributed by atoms with van der Waals surface area (Å²) in [6.07, 6.45) is 6.11. The van der Waals surface area contributed by atoms with Crippen molar-refractivity contribution >= 4 is 5.97 Å². The SMILES string of the molecule is CCC(NCCCC1CC1)C(=O)OC. The van der Waals surface area contributed by atoms with Crippen molar-refractivity contribution in [3.8, 4) is 0 Å². The van der Waals surface area contributed by atoms with Gasteiger partial charge in [0.25, 0.3) is 0 Å². The highest BCUT2D eigenvalue weighted by atomic mass is 16.5. The molecule has 3 nitrogen and oxygen atoms in total. The highest BCUT2D eigenvalue weighted by Crippen LogP contribution is 2.33. The van der Waals surface area contributed by atoms with Crippen LogP contribution in [0.25, 0.3) is 0 Å². The van der Waals surface area contributed by atoms with Crippen LogP contribution in [0.4, 0.5) is 0 Å². The summed E-state index contributed by atoms with van der Waals surface area (Å²) in [4.78, 5) is 11.2. The largest absolute Gasteiger partial charge is 0.468 e. The van der Waals surface area contributed by atoms with Crippen molar-refractivity contribution in [1.29, 1.82) is 0 Å². The van der Waals surface area contributed by atoms with E-state index in [1.807, 2.05) is 6.92 Å². The Labute approximate surface area is 86.2 Å². The van der Waals surface area contributed by atoms with E-state index in [0.29, 0.717) is 0 Å². The summed E-state index contributed by atoms with van der Waals surface area (Å²) in [7, 11) is 1.44. The maximum Gasteiger partial charge on any atom is 0.322 e. The fourth-order valence-corrected chi connectivity index (χ4v) is 1.61. The summed E-state index contributed by atoms with van der Waals surface area (Å²) < 4.78 is 4.69. The first-order valence-corrected chi connectivity index (χ1v) is 5.59. The Kier molecular flexibility index (Phi) is 4.94. The van der Waals surface area contributed by atoms with Gasteiger partial charge in [0.05, 0.1) is 7.11 Å². The molecule has 0 aromatic heterocycles. The van der Waals surface area contributed by atoms with Gasteiger partial charge < -0.3 is 10.1 Å². The van der Waals surface area contributed by atoms with Crippen LogP contribution in [-0.4, -0.2) is 25.7 Å². The van der Waals surface area contributed by atoms with Crippen LogP contribution in [0.1, 0.15) is 39.0 Å². The van der Waals surface area contributed by atoms with Gasteiger partial charge in [-0.3, -0.25) is 4.79 Å². The molecular weight excluding hydrogens is 178 g/mol. The highest BCUT2D eigenvalue weighted by molar-refractivity contribution is 5.75. The zero-order chi connectivity index (χ0) is 10.4. The quantitative estimate of drug-likeness (QED) is 0.501. The summed E-state index contributed by atoms with van der Waals surface area (Å²) in [6.45, 7) is 2.93. The third-order valence-electron chi connectivity index (χ3n) is 2.77. The van der Waals surface area contributed by atoms with Gasteiger partial charge >= 0.3 is 5.97 Å². The molecule has 0 saturated heterocycles. The lowest BCUT2D eigenvalue weighted by Crippen LogP contribution is -2.37. The number of nitrogens with one attached hydrogen (secondary N) is 1. The summed E-state index contributed by atoms with van der Waals surface area (Å²) in [6, 6.07) is -0.112. The number of methoxy groups -OCH3 is 1. The van der Waals surface area contributed by atoms with Gasteiger partial charge in [-0.2, -0.15) is 0 Å². The number of rotatable bonds is 7. The first-order valence-electron chi connectivity index (χ1n) is 5.59. The van der Waals surface area contributed by atoms with E-state index in [1.54, 1.807) is 0 Å². The fraction of sp³-hybridized carbons (Fsp3) is 0.909. The second-order valence-corrected chi connectivity index (χ2v) is 4.02. The molecule has 0 aliphatic heterocycles. The molecule has 1 aliphatic carbocycles. The normalized spacial score (nSPS) is 17.9. The third kappa shape index (κ3) is 4.09. The van der Waals surface area contributed by atoms with E-state index in [4.69, 9.17) is 4.74 Å². The van der Waals surface area contributed by atoms with E-state index in [0.717, 1.165) is 18.9 Å². The van der Waals surface area contributed by atoms with E-state index in [-0.39, 0.29) is 12.0 Å². The van der Waals surface area contributed by atoms with Gasteiger partial charge in [-0.25, -0.2) is 0 Å². The molecule has 0 aromatic carbocycles. The number of hydrogen-bond donors (Lipinski definition) is 1. The molecule has 82 valence electrons. The molecule has 0 heterocycles. The lowest BCUT2D eigenvalue weighted by atomic mass is 10.2. The van der Waals surface area contributed by atoms with E-state index in [2.05, 4.69) is 5.32 Å². The smallest absolute Gasteiger partial charge is 0.322 e. The first-order chi connectivity index (χ1) is 6.77. The van der Waals surface area contributed by atoms with Crippen molar-refractivity contribution in [2.45, 2.75) is 45.1 Å². The molecular formula is C11H21NO2. The van der Waals surface area contributed by atoms with Crippen molar-refractivity contribution in [2.75, 3.05) is 13.7 Å². The molecule has 1 fully saturated rings. The number of carbonyl (C=O) groups excluding carboxylic acids is 1. The molecule has 0 radical (unpaired) electrons. The Morgan fingerprint density at radius 3 is 2.79 bits per heavy atom. The van der Waals surface area contributed by atoms with Crippen molar-refractivity contribution in [3.05, 3.63) is 0 Å². The molecule has 14 heavy (non-hydrogen) atoms. The Bertz CT molecular complexity index is 178. The second-order valence-electron chi connectivity index (χ2n) is 4.02. The molecule has 1 rings (SSSR count). The Hall–Kier alpha value is -0.570. The van der Waals surface area contributed by atoms with Crippen molar-refractivity contribution < 1.29 is 9.53 Å². The molecule has 0 bridgehead atoms. The van der Waals surface area contributed by atoms with Crippen molar-refractivity contribution in [3.63, 3.8) is 0 Å². The third-order valence-corrected chi connectivity index (χ3v) is 2.77. The molecule has 1 N–H and O–H groups in total. The average molecular weight is 199 g/mol. The number of esters is 1. The predicted octanol–water partition coefficient (Wildman–Crippen LogP) is 1.72. The van der Waals surface area contributed by atoms with Gasteiger partial charge in [0.15, 0.2) is 0 Å². The van der Waals surface area contributed by atoms with Crippen LogP contribution in [0.15, 0.2) is 0 Å². The molecule has 3 heteroatoms. The lowest BCUT2D eigenvalue weighted by Gasteiger charge is -2.13. The van der Waals surface area contributed by atoms with Crippen LogP contribution >= 0.6 is 0 Å². The first kappa shape index (κ1) is 11.5. The van der Waals surface area contributed by atoms with E-state index in [1.165, 1.54) is 32.8 Å². The zero-order valence-corrected chi connectivity index (χ0v) is 9.21. The average Bonchev–Trinajstić information content (AvgIpc) is 3.01. The van der Waals surface area contributed by atoms with Gasteiger partial charge in [0.2, 0.25) is 0 Å². The van der Waals surface area contributed by atoms with Crippen LogP contribution in [0.3, 0.4) is 0 Å². The topological polar surface area (TPSA) is 38.3 Å². The molecule has 1 atom stereocenters. The minimum atomic E-state index is -0.140. The zero-order valence-electron chi connectivity index (χ0n) is 9.21. The fourth-order valence-electron chi connectivity index (χ4n) is 1.61. The second kappa shape index (κ2) is 6.02. The maximum atomic E-state index is 11.2. The standard InChI is InChI=1S/C11H21NO2/c1-3-10(11(13)14-2)12-8-4-5-9-6-7-9/h9-10,12H,3-8H2,1-2H3. The van der Waals surface area contributed by atoms with Gasteiger partial charge in [-0.1, -0.05) is 19.8 Å². The predicted molar refractivity (Wildman–Crippen MR) is 56.1 cm³/mol. The molecule has 1 saturated carbocycles. The summed E-state index contributed by atoms with van der Waals surface area (Å²) in [5, 5.41) is 3.23. The van der Waals surface area contributed by atoms with Crippen LogP contribution in [0.5, 0.6) is 0 Å². The van der Waals surface area contributed by atoms with E-state index < -0.39 is 0 Å². The summed E-state index contributed by atoms with van der Waals surface area (Å²) in [5.74, 6) is 0.842.